The molecule has 0 unspecified atom stereocenters. The summed E-state index contributed by atoms with van der Waals surface area (Å²) in [6.45, 7) is 0.659. The van der Waals surface area contributed by atoms with E-state index in [4.69, 9.17) is 5.11 Å². The van der Waals surface area contributed by atoms with Gasteiger partial charge in [0.1, 0.15) is 0 Å². The van der Waals surface area contributed by atoms with E-state index in [1.54, 1.807) is 0 Å². The van der Waals surface area contributed by atoms with Crippen LogP contribution in [-0.4, -0.2) is 18.3 Å². The number of hydrogen-bond donors (Lipinski definition) is 2. The molecule has 102 valence electrons. The van der Waals surface area contributed by atoms with Gasteiger partial charge in [-0.05, 0) is 17.2 Å². The van der Waals surface area contributed by atoms with Gasteiger partial charge in [0.25, 0.3) is 0 Å². The Morgan fingerprint density at radius 3 is 2.25 bits per heavy atom. The Hall–Kier alpha value is -2.32. The Morgan fingerprint density at radius 2 is 1.60 bits per heavy atom. The van der Waals surface area contributed by atoms with Crippen molar-refractivity contribution in [2.24, 2.45) is 0 Å². The number of aliphatic hydroxyl groups is 1. The quantitative estimate of drug-likeness (QED) is 0.785. The highest BCUT2D eigenvalue weighted by Gasteiger charge is 1.97. The first-order valence-electron chi connectivity index (χ1n) is 6.74. The maximum atomic E-state index is 8.96. The molecule has 2 N–H and O–H groups in total. The van der Waals surface area contributed by atoms with Crippen LogP contribution in [0.1, 0.15) is 11.1 Å². The van der Waals surface area contributed by atoms with Crippen molar-refractivity contribution in [3.8, 4) is 0 Å². The number of allylic oxidation sites excluding steroid dienone is 2. The summed E-state index contributed by atoms with van der Waals surface area (Å²) in [5, 5.41) is 12.2. The zero-order chi connectivity index (χ0) is 14.0. The number of rotatable bonds is 6. The molecule has 0 saturated heterocycles. The Labute approximate surface area is 120 Å². The molecular weight excluding hydrogens is 246 g/mol. The molecule has 0 aliphatic rings. The molecule has 0 heterocycles. The summed E-state index contributed by atoms with van der Waals surface area (Å²) in [5.74, 6) is 0. The van der Waals surface area contributed by atoms with Gasteiger partial charge in [0, 0.05) is 12.2 Å². The van der Waals surface area contributed by atoms with E-state index in [9.17, 15) is 0 Å². The molecule has 2 aromatic rings. The average molecular weight is 265 g/mol. The van der Waals surface area contributed by atoms with Crippen LogP contribution in [-0.2, 0) is 0 Å². The molecule has 0 aromatic heterocycles. The highest BCUT2D eigenvalue weighted by Crippen LogP contribution is 2.11. The van der Waals surface area contributed by atoms with Crippen molar-refractivity contribution in [1.29, 1.82) is 0 Å². The van der Waals surface area contributed by atoms with E-state index in [2.05, 4.69) is 23.5 Å². The Morgan fingerprint density at radius 1 is 0.950 bits per heavy atom. The second-order valence-corrected chi connectivity index (χ2v) is 4.37. The lowest BCUT2D eigenvalue weighted by molar-refractivity contribution is 0.299. The molecular formula is C18H19NO. The predicted octanol–water partition coefficient (Wildman–Crippen LogP) is 3.32. The maximum absolute atomic E-state index is 8.96. The van der Waals surface area contributed by atoms with Gasteiger partial charge in [-0.2, -0.15) is 0 Å². The highest BCUT2D eigenvalue weighted by atomic mass is 16.3. The Kier molecular flexibility index (Phi) is 5.62. The molecule has 0 aliphatic heterocycles. The van der Waals surface area contributed by atoms with Crippen molar-refractivity contribution < 1.29 is 5.11 Å². The molecule has 0 aliphatic carbocycles. The lowest BCUT2D eigenvalue weighted by Crippen LogP contribution is -2.16. The van der Waals surface area contributed by atoms with Crippen LogP contribution in [0.5, 0.6) is 0 Å². The SMILES string of the molecule is OCCNC(=CC=Cc1ccccc1)c1ccccc1. The van der Waals surface area contributed by atoms with Crippen LogP contribution in [0.4, 0.5) is 0 Å². The lowest BCUT2D eigenvalue weighted by atomic mass is 10.1. The molecule has 2 aromatic carbocycles. The van der Waals surface area contributed by atoms with E-state index in [1.807, 2.05) is 60.7 Å². The number of aliphatic hydroxyl groups excluding tert-OH is 1. The van der Waals surface area contributed by atoms with E-state index >= 15 is 0 Å². The van der Waals surface area contributed by atoms with E-state index in [1.165, 1.54) is 5.56 Å². The zero-order valence-electron chi connectivity index (χ0n) is 11.4. The standard InChI is InChI=1S/C18H19NO/c20-15-14-19-18(17-11-5-2-6-12-17)13-7-10-16-8-3-1-4-9-16/h1-13,19-20H,14-15H2. The minimum atomic E-state index is 0.118. The van der Waals surface area contributed by atoms with E-state index < -0.39 is 0 Å². The second kappa shape index (κ2) is 7.97. The van der Waals surface area contributed by atoms with Crippen LogP contribution in [0.2, 0.25) is 0 Å². The van der Waals surface area contributed by atoms with Crippen molar-refractivity contribution in [3.63, 3.8) is 0 Å². The van der Waals surface area contributed by atoms with Gasteiger partial charge in [0.15, 0.2) is 0 Å². The maximum Gasteiger partial charge on any atom is 0.0604 e. The number of benzene rings is 2. The van der Waals surface area contributed by atoms with E-state index in [-0.39, 0.29) is 6.61 Å². The molecule has 0 fully saturated rings. The Balaban J connectivity index is 2.14. The van der Waals surface area contributed by atoms with Crippen LogP contribution in [0.3, 0.4) is 0 Å². The average Bonchev–Trinajstić information content (AvgIpc) is 2.52. The van der Waals surface area contributed by atoms with Gasteiger partial charge < -0.3 is 10.4 Å². The molecule has 0 spiro atoms. The third-order valence-electron chi connectivity index (χ3n) is 2.86. The molecule has 2 nitrogen and oxygen atoms in total. The summed E-state index contributed by atoms with van der Waals surface area (Å²) in [4.78, 5) is 0. The van der Waals surface area contributed by atoms with Crippen molar-refractivity contribution in [2.75, 3.05) is 13.2 Å². The van der Waals surface area contributed by atoms with Crippen molar-refractivity contribution in [3.05, 3.63) is 83.9 Å². The van der Waals surface area contributed by atoms with Gasteiger partial charge in [-0.1, -0.05) is 72.8 Å². The zero-order valence-corrected chi connectivity index (χ0v) is 11.4. The number of hydrogen-bond acceptors (Lipinski definition) is 2. The van der Waals surface area contributed by atoms with Gasteiger partial charge >= 0.3 is 0 Å². The van der Waals surface area contributed by atoms with Crippen molar-refractivity contribution in [1.82, 2.24) is 5.32 Å². The summed E-state index contributed by atoms with van der Waals surface area (Å²) < 4.78 is 0. The molecule has 0 atom stereocenters. The first-order valence-corrected chi connectivity index (χ1v) is 6.74. The monoisotopic (exact) mass is 265 g/mol. The molecule has 2 rings (SSSR count). The smallest absolute Gasteiger partial charge is 0.0604 e. The van der Waals surface area contributed by atoms with Crippen molar-refractivity contribution in [2.45, 2.75) is 0 Å². The van der Waals surface area contributed by atoms with Crippen LogP contribution in [0.25, 0.3) is 11.8 Å². The van der Waals surface area contributed by atoms with Crippen LogP contribution in [0, 0.1) is 0 Å². The third-order valence-corrected chi connectivity index (χ3v) is 2.86. The summed E-state index contributed by atoms with van der Waals surface area (Å²) in [6, 6.07) is 20.3. The largest absolute Gasteiger partial charge is 0.395 e. The minimum absolute atomic E-state index is 0.118. The van der Waals surface area contributed by atoms with E-state index in [0.717, 1.165) is 11.3 Å². The first kappa shape index (κ1) is 14.1. The van der Waals surface area contributed by atoms with Crippen LogP contribution in [0.15, 0.2) is 72.8 Å². The fourth-order valence-electron chi connectivity index (χ4n) is 1.89. The van der Waals surface area contributed by atoms with Crippen molar-refractivity contribution >= 4 is 11.8 Å². The minimum Gasteiger partial charge on any atom is -0.395 e. The first-order chi connectivity index (χ1) is 9.90. The molecule has 20 heavy (non-hydrogen) atoms. The summed E-state index contributed by atoms with van der Waals surface area (Å²) in [5.41, 5.74) is 3.28. The fraction of sp³-hybridized carbons (Fsp3) is 0.111. The van der Waals surface area contributed by atoms with Gasteiger partial charge in [-0.25, -0.2) is 0 Å². The fourth-order valence-corrected chi connectivity index (χ4v) is 1.89. The van der Waals surface area contributed by atoms with Gasteiger partial charge in [0.2, 0.25) is 0 Å². The molecule has 2 heteroatoms. The normalized spacial score (nSPS) is 11.8. The second-order valence-electron chi connectivity index (χ2n) is 4.37. The topological polar surface area (TPSA) is 32.3 Å². The summed E-state index contributed by atoms with van der Waals surface area (Å²) in [6.07, 6.45) is 6.10. The van der Waals surface area contributed by atoms with Gasteiger partial charge in [-0.15, -0.1) is 0 Å². The highest BCUT2D eigenvalue weighted by molar-refractivity contribution is 5.67. The molecule has 0 saturated carbocycles. The van der Waals surface area contributed by atoms with Crippen LogP contribution >= 0.6 is 0 Å². The van der Waals surface area contributed by atoms with Gasteiger partial charge in [-0.3, -0.25) is 0 Å². The van der Waals surface area contributed by atoms with Gasteiger partial charge in [0.05, 0.1) is 6.61 Å². The molecule has 0 amide bonds. The third kappa shape index (κ3) is 4.41. The predicted molar refractivity (Wildman–Crippen MR) is 85.0 cm³/mol. The molecule has 0 bridgehead atoms. The summed E-state index contributed by atoms with van der Waals surface area (Å²) in [7, 11) is 0. The Bertz CT molecular complexity index is 558. The van der Waals surface area contributed by atoms with E-state index in [0.29, 0.717) is 6.54 Å². The summed E-state index contributed by atoms with van der Waals surface area (Å²) >= 11 is 0. The number of nitrogens with one attached hydrogen (secondary N) is 1. The lowest BCUT2D eigenvalue weighted by Gasteiger charge is -2.09. The van der Waals surface area contributed by atoms with Crippen LogP contribution < -0.4 is 5.32 Å². The molecule has 0 radical (unpaired) electrons.